The maximum absolute atomic E-state index is 15.2. The number of anilines is 2. The van der Waals surface area contributed by atoms with E-state index in [0.717, 1.165) is 27.6 Å². The van der Waals surface area contributed by atoms with Gasteiger partial charge in [0.2, 0.25) is 5.91 Å². The summed E-state index contributed by atoms with van der Waals surface area (Å²) >= 11 is 0. The highest BCUT2D eigenvalue weighted by molar-refractivity contribution is 5.90. The molecule has 3 N–H and O–H groups in total. The molecule has 2 amide bonds. The van der Waals surface area contributed by atoms with Crippen LogP contribution >= 0.6 is 0 Å². The van der Waals surface area contributed by atoms with Crippen molar-refractivity contribution in [2.45, 2.75) is 39.3 Å². The lowest BCUT2D eigenvalue weighted by Crippen LogP contribution is -2.35. The molecule has 2 aliphatic heterocycles. The summed E-state index contributed by atoms with van der Waals surface area (Å²) in [6.07, 6.45) is 1.00. The molecule has 4 aromatic carbocycles. The molecule has 0 radical (unpaired) electrons. The summed E-state index contributed by atoms with van der Waals surface area (Å²) in [4.78, 5) is 44.0. The Morgan fingerprint density at radius 2 is 1.76 bits per heavy atom. The van der Waals surface area contributed by atoms with Gasteiger partial charge in [-0.25, -0.2) is 9.18 Å². The molecule has 0 unspecified atom stereocenters. The largest absolute Gasteiger partial charge is 0.449 e. The van der Waals surface area contributed by atoms with Gasteiger partial charge in [0, 0.05) is 48.0 Å². The van der Waals surface area contributed by atoms with E-state index in [4.69, 9.17) is 4.74 Å². The molecule has 0 aliphatic carbocycles. The van der Waals surface area contributed by atoms with Crippen LogP contribution in [0, 0.1) is 19.7 Å². The molecule has 3 heterocycles. The van der Waals surface area contributed by atoms with Crippen LogP contribution in [0.3, 0.4) is 0 Å². The summed E-state index contributed by atoms with van der Waals surface area (Å²) in [7, 11) is 1.70. The van der Waals surface area contributed by atoms with Crippen molar-refractivity contribution in [2.24, 2.45) is 0 Å². The third-order valence-electron chi connectivity index (χ3n) is 8.58. The molecule has 1 aromatic heterocycles. The number of benzene rings is 4. The van der Waals surface area contributed by atoms with Gasteiger partial charge in [0.1, 0.15) is 11.9 Å². The number of aryl methyl sites for hydroxylation is 2. The van der Waals surface area contributed by atoms with Crippen LogP contribution in [0.2, 0.25) is 0 Å². The third-order valence-corrected chi connectivity index (χ3v) is 8.58. The number of ether oxygens (including phenoxy) is 1. The minimum atomic E-state index is -0.806. The summed E-state index contributed by atoms with van der Waals surface area (Å²) in [6, 6.07) is 22.4. The molecule has 8 nitrogen and oxygen atoms in total. The minimum absolute atomic E-state index is 0.105. The smallest absolute Gasteiger partial charge is 0.411 e. The Labute approximate surface area is 266 Å². The first-order valence-corrected chi connectivity index (χ1v) is 15.1. The topological polar surface area (TPSA) is 104 Å². The lowest BCUT2D eigenvalue weighted by atomic mass is 9.92. The van der Waals surface area contributed by atoms with Crippen LogP contribution in [0.15, 0.2) is 89.9 Å². The van der Waals surface area contributed by atoms with Crippen LogP contribution in [0.5, 0.6) is 0 Å². The van der Waals surface area contributed by atoms with Gasteiger partial charge < -0.3 is 19.9 Å². The zero-order valence-electron chi connectivity index (χ0n) is 26.1. The van der Waals surface area contributed by atoms with Crippen LogP contribution in [0.1, 0.15) is 46.7 Å². The molecule has 234 valence electrons. The molecular weight excluding hydrogens is 583 g/mol. The molecule has 7 rings (SSSR count). The van der Waals surface area contributed by atoms with Crippen LogP contribution in [-0.4, -0.2) is 35.5 Å². The number of pyridine rings is 1. The number of aromatic amines is 1. The number of aromatic nitrogens is 1. The number of carbonyl (C=O) groups is 2. The van der Waals surface area contributed by atoms with Gasteiger partial charge in [-0.15, -0.1) is 0 Å². The van der Waals surface area contributed by atoms with Crippen LogP contribution in [0.4, 0.5) is 20.6 Å². The molecule has 46 heavy (non-hydrogen) atoms. The van der Waals surface area contributed by atoms with E-state index in [1.165, 1.54) is 6.07 Å². The van der Waals surface area contributed by atoms with Crippen molar-refractivity contribution in [1.29, 1.82) is 0 Å². The number of halogens is 1. The number of H-pyrrole nitrogens is 1. The Morgan fingerprint density at radius 3 is 2.54 bits per heavy atom. The highest BCUT2D eigenvalue weighted by Crippen LogP contribution is 2.34. The summed E-state index contributed by atoms with van der Waals surface area (Å²) in [5.41, 5.74) is 5.96. The predicted octanol–water partition coefficient (Wildman–Crippen LogP) is 7.43. The van der Waals surface area contributed by atoms with Gasteiger partial charge in [-0.3, -0.25) is 14.9 Å². The van der Waals surface area contributed by atoms with Gasteiger partial charge >= 0.3 is 6.09 Å². The summed E-state index contributed by atoms with van der Waals surface area (Å²) in [6.45, 7) is 6.05. The maximum Gasteiger partial charge on any atom is 0.411 e. The number of nitrogens with one attached hydrogen (secondary N) is 3. The zero-order chi connectivity index (χ0) is 32.5. The van der Waals surface area contributed by atoms with Crippen LogP contribution < -0.4 is 16.2 Å². The van der Waals surface area contributed by atoms with Crippen molar-refractivity contribution >= 4 is 34.1 Å². The van der Waals surface area contributed by atoms with Crippen LogP contribution in [0.25, 0.3) is 21.9 Å². The highest BCUT2D eigenvalue weighted by atomic mass is 19.1. The predicted molar refractivity (Wildman–Crippen MR) is 179 cm³/mol. The second kappa shape index (κ2) is 12.5. The van der Waals surface area contributed by atoms with Gasteiger partial charge in [0.25, 0.3) is 5.56 Å². The minimum Gasteiger partial charge on any atom is -0.449 e. The SMILES string of the molecule is Cc1cc2ccc1[C@@H](C)COC(=O)Nc1ccc(-c3c(C)cccc3F)c(c1)CN(C)C(=O)[C@@H]2Nc1ccc2cc[nH]c(=O)c2c1. The molecule has 0 spiro atoms. The number of fused-ring (bicyclic) bond motifs is 10. The average molecular weight is 619 g/mol. The van der Waals surface area contributed by atoms with Crippen molar-refractivity contribution in [3.63, 3.8) is 0 Å². The third kappa shape index (κ3) is 6.08. The van der Waals surface area contributed by atoms with E-state index >= 15 is 4.39 Å². The Bertz CT molecular complexity index is 2020. The molecule has 0 fully saturated rings. The van der Waals surface area contributed by atoms with E-state index in [0.29, 0.717) is 33.5 Å². The van der Waals surface area contributed by atoms with Crippen molar-refractivity contribution < 1.29 is 18.7 Å². The van der Waals surface area contributed by atoms with E-state index < -0.39 is 12.1 Å². The van der Waals surface area contributed by atoms with Gasteiger partial charge in [-0.05, 0) is 89.0 Å². The van der Waals surface area contributed by atoms with Crippen molar-refractivity contribution in [1.82, 2.24) is 9.88 Å². The Hall–Kier alpha value is -5.44. The Morgan fingerprint density at radius 1 is 0.935 bits per heavy atom. The number of rotatable bonds is 3. The Kier molecular flexibility index (Phi) is 8.32. The first kappa shape index (κ1) is 30.6. The average Bonchev–Trinajstić information content (AvgIpc) is 3.03. The van der Waals surface area contributed by atoms with Gasteiger partial charge in [-0.1, -0.05) is 49.4 Å². The number of amides is 2. The molecule has 0 saturated heterocycles. The first-order chi connectivity index (χ1) is 22.1. The fraction of sp³-hybridized carbons (Fsp3) is 0.216. The summed E-state index contributed by atoms with van der Waals surface area (Å²) in [5, 5.41) is 7.47. The molecule has 2 aliphatic rings. The van der Waals surface area contributed by atoms with Gasteiger partial charge in [-0.2, -0.15) is 0 Å². The fourth-order valence-electron chi connectivity index (χ4n) is 6.18. The first-order valence-electron chi connectivity index (χ1n) is 15.1. The fourth-order valence-corrected chi connectivity index (χ4v) is 6.18. The van der Waals surface area contributed by atoms with Gasteiger partial charge in [0.05, 0.1) is 6.61 Å². The van der Waals surface area contributed by atoms with E-state index in [1.807, 2.05) is 63.2 Å². The second-order valence-corrected chi connectivity index (χ2v) is 11.9. The maximum atomic E-state index is 15.2. The van der Waals surface area contributed by atoms with Crippen LogP contribution in [-0.2, 0) is 16.1 Å². The lowest BCUT2D eigenvalue weighted by Gasteiger charge is -2.28. The van der Waals surface area contributed by atoms with Crippen molar-refractivity contribution in [3.05, 3.63) is 129 Å². The quantitative estimate of drug-likeness (QED) is 0.195. The zero-order valence-corrected chi connectivity index (χ0v) is 26.1. The molecule has 0 saturated carbocycles. The van der Waals surface area contributed by atoms with Crippen molar-refractivity contribution in [3.8, 4) is 11.1 Å². The normalized spacial score (nSPS) is 17.1. The summed E-state index contributed by atoms with van der Waals surface area (Å²) < 4.78 is 20.8. The van der Waals surface area contributed by atoms with Crippen molar-refractivity contribution in [2.75, 3.05) is 24.3 Å². The molecule has 4 bridgehead atoms. The number of carbonyl (C=O) groups excluding carboxylic acids is 2. The van der Waals surface area contributed by atoms with E-state index in [-0.39, 0.29) is 36.4 Å². The highest BCUT2D eigenvalue weighted by Gasteiger charge is 2.27. The van der Waals surface area contributed by atoms with E-state index in [2.05, 4.69) is 15.6 Å². The molecular formula is C37H35FN4O4. The Balaban J connectivity index is 1.46. The molecule has 5 aromatic rings. The number of hydrogen-bond donors (Lipinski definition) is 3. The summed E-state index contributed by atoms with van der Waals surface area (Å²) in [5.74, 6) is -0.720. The molecule has 2 atom stereocenters. The van der Waals surface area contributed by atoms with Gasteiger partial charge in [0.15, 0.2) is 0 Å². The number of hydrogen-bond acceptors (Lipinski definition) is 5. The standard InChI is InChI=1S/C37H35FN4O4/c1-21-6-5-7-32(38)33(21)30-13-11-27-17-26(30)19-42(4)36(44)34(40-28-10-8-24-14-15-39-35(43)31(24)18-28)25-9-12-29(22(2)16-25)23(3)20-46-37(45)41-27/h5-18,23,34,40H,19-20H2,1-4H3,(H,39,43)(H,41,45)/t23-,34+/m0/s1. The van der Waals surface area contributed by atoms with E-state index in [9.17, 15) is 14.4 Å². The lowest BCUT2D eigenvalue weighted by molar-refractivity contribution is -0.131. The number of nitrogens with zero attached hydrogens (tertiary/aromatic N) is 1. The van der Waals surface area contributed by atoms with E-state index in [1.54, 1.807) is 48.5 Å². The number of likely N-dealkylation sites (N-methyl/N-ethyl adjacent to an activating group) is 1. The second-order valence-electron chi connectivity index (χ2n) is 11.9. The monoisotopic (exact) mass is 618 g/mol. The molecule has 9 heteroatoms.